The normalized spacial score (nSPS) is 17.1. The second-order valence-electron chi connectivity index (χ2n) is 13.7. The highest BCUT2D eigenvalue weighted by molar-refractivity contribution is 5.94. The Labute approximate surface area is 324 Å². The maximum atomic E-state index is 14.4. The summed E-state index contributed by atoms with van der Waals surface area (Å²) in [6.07, 6.45) is 1.32. The second kappa shape index (κ2) is 15.8. The number of nitrogens with zero attached hydrogens (tertiary/aromatic N) is 4. The van der Waals surface area contributed by atoms with Crippen molar-refractivity contribution in [3.63, 3.8) is 0 Å². The maximum Gasteiger partial charge on any atom is 0.415 e. The molecular formula is C39H33F7N6O6. The number of aromatic amines is 2. The van der Waals surface area contributed by atoms with E-state index in [0.717, 1.165) is 30.1 Å². The Kier molecular flexibility index (Phi) is 10.8. The molecule has 0 saturated carbocycles. The molecule has 2 fully saturated rings. The fraction of sp³-hybridized carbons (Fsp3) is 0.282. The third-order valence-corrected chi connectivity index (χ3v) is 9.12. The van der Waals surface area contributed by atoms with Crippen LogP contribution in [-0.2, 0) is 9.47 Å². The van der Waals surface area contributed by atoms with Gasteiger partial charge in [0.15, 0.2) is 35.6 Å². The summed E-state index contributed by atoms with van der Waals surface area (Å²) in [7, 11) is 0. The number of carbonyl (C=O) groups excluding carboxylic acids is 2. The van der Waals surface area contributed by atoms with Crippen molar-refractivity contribution >= 4 is 45.6 Å². The number of carbonyl (C=O) groups is 2. The number of fused-ring (bicyclic) bond motifs is 2. The van der Waals surface area contributed by atoms with Crippen LogP contribution < -0.4 is 19.3 Å². The minimum absolute atomic E-state index is 0.0571. The number of rotatable bonds is 11. The molecule has 2 amide bonds. The molecular weight excluding hydrogens is 781 g/mol. The molecule has 2 N–H and O–H groups in total. The highest BCUT2D eigenvalue weighted by Gasteiger charge is 2.38. The highest BCUT2D eigenvalue weighted by atomic mass is 19.3. The van der Waals surface area contributed by atoms with Gasteiger partial charge in [-0.2, -0.15) is 0 Å². The molecule has 0 radical (unpaired) electrons. The second-order valence-corrected chi connectivity index (χ2v) is 13.7. The molecule has 2 saturated heterocycles. The number of cyclic esters (lactones) is 2. The SMILES string of the molecule is CC(F)(F)CCOc1ccc([C@H]2COC(=O)N2c2ccc3nc[nH]c3c2)cc1F.CC(F)(F)COc1c(F)cc([C@H]2COC(=O)N2c2ccc3nc[nH]c3c2)cc1F. The standard InChI is InChI=1S/C20H18F3N3O3.C19H15F4N3O3/c1-20(22,23)6-7-28-18-5-2-12(8-14(18)21)17-10-29-19(27)26(17)13-3-4-15-16(9-13)25-11-24-15;1-19(22,23)8-29-17-12(20)4-10(5-13(17)21)16-7-28-18(27)26(16)11-2-3-14-15(6-11)25-9-24-14/h2-5,8-9,11,17H,6-7,10H2,1H3,(H,24,25);2-6,9,16H,7-8H2,1H3,(H,24,25)/t17-;16-/m11/s1. The van der Waals surface area contributed by atoms with E-state index in [9.17, 15) is 40.3 Å². The van der Waals surface area contributed by atoms with E-state index in [0.29, 0.717) is 34.9 Å². The minimum atomic E-state index is -3.24. The number of hydrogen-bond acceptors (Lipinski definition) is 8. The fourth-order valence-electron chi connectivity index (χ4n) is 6.34. The first-order valence-corrected chi connectivity index (χ1v) is 17.6. The number of amides is 2. The lowest BCUT2D eigenvalue weighted by atomic mass is 10.0. The van der Waals surface area contributed by atoms with Gasteiger partial charge in [0, 0.05) is 13.3 Å². The predicted octanol–water partition coefficient (Wildman–Crippen LogP) is 9.40. The summed E-state index contributed by atoms with van der Waals surface area (Å²) in [5, 5.41) is 0. The van der Waals surface area contributed by atoms with Gasteiger partial charge in [0.05, 0.1) is 64.8 Å². The van der Waals surface area contributed by atoms with Crippen molar-refractivity contribution in [2.75, 3.05) is 36.2 Å². The largest absolute Gasteiger partial charge is 0.490 e. The Morgan fingerprint density at radius 3 is 1.71 bits per heavy atom. The van der Waals surface area contributed by atoms with Crippen molar-refractivity contribution in [3.05, 3.63) is 108 Å². The number of aromatic nitrogens is 4. The number of ether oxygens (including phenoxy) is 4. The molecule has 2 atom stereocenters. The van der Waals surface area contributed by atoms with Crippen LogP contribution in [0.1, 0.15) is 43.5 Å². The number of hydrogen-bond donors (Lipinski definition) is 2. The third kappa shape index (κ3) is 8.72. The molecule has 4 aromatic carbocycles. The summed E-state index contributed by atoms with van der Waals surface area (Å²) >= 11 is 0. The van der Waals surface area contributed by atoms with Crippen molar-refractivity contribution < 1.29 is 59.3 Å². The Balaban J connectivity index is 0.000000177. The zero-order valence-electron chi connectivity index (χ0n) is 30.6. The minimum Gasteiger partial charge on any atom is -0.490 e. The molecule has 8 rings (SSSR count). The van der Waals surface area contributed by atoms with Gasteiger partial charge in [-0.3, -0.25) is 9.80 Å². The van der Waals surface area contributed by atoms with Gasteiger partial charge in [-0.05, 0) is 78.7 Å². The molecule has 6 aromatic rings. The van der Waals surface area contributed by atoms with Crippen molar-refractivity contribution in [1.29, 1.82) is 0 Å². The zero-order valence-corrected chi connectivity index (χ0v) is 30.6. The van der Waals surface area contributed by atoms with Crippen LogP contribution >= 0.6 is 0 Å². The van der Waals surface area contributed by atoms with Crippen LogP contribution in [0.15, 0.2) is 79.4 Å². The van der Waals surface area contributed by atoms with Gasteiger partial charge in [-0.25, -0.2) is 50.3 Å². The summed E-state index contributed by atoms with van der Waals surface area (Å²) in [6, 6.07) is 15.0. The smallest absolute Gasteiger partial charge is 0.415 e. The summed E-state index contributed by atoms with van der Waals surface area (Å²) in [4.78, 5) is 41.4. The van der Waals surface area contributed by atoms with Gasteiger partial charge >= 0.3 is 12.2 Å². The topological polar surface area (TPSA) is 135 Å². The van der Waals surface area contributed by atoms with Crippen LogP contribution in [0, 0.1) is 17.5 Å². The molecule has 0 spiro atoms. The predicted molar refractivity (Wildman–Crippen MR) is 195 cm³/mol. The fourth-order valence-corrected chi connectivity index (χ4v) is 6.34. The van der Waals surface area contributed by atoms with Gasteiger partial charge in [0.2, 0.25) is 5.92 Å². The molecule has 2 aromatic heterocycles. The van der Waals surface area contributed by atoms with Crippen LogP contribution in [0.4, 0.5) is 51.7 Å². The number of H-pyrrole nitrogens is 2. The van der Waals surface area contributed by atoms with Crippen LogP contribution in [0.2, 0.25) is 0 Å². The first-order chi connectivity index (χ1) is 27.5. The molecule has 2 aliphatic heterocycles. The number of benzene rings is 4. The number of anilines is 2. The van der Waals surface area contributed by atoms with Crippen molar-refractivity contribution in [2.24, 2.45) is 0 Å². The number of halogens is 7. The van der Waals surface area contributed by atoms with Crippen LogP contribution in [0.25, 0.3) is 22.1 Å². The maximum absolute atomic E-state index is 14.4. The van der Waals surface area contributed by atoms with E-state index in [1.807, 2.05) is 0 Å². The van der Waals surface area contributed by atoms with Gasteiger partial charge in [-0.1, -0.05) is 6.07 Å². The molecule has 0 bridgehead atoms. The molecule has 304 valence electrons. The van der Waals surface area contributed by atoms with E-state index in [1.54, 1.807) is 48.8 Å². The van der Waals surface area contributed by atoms with Crippen molar-refractivity contribution in [3.8, 4) is 11.5 Å². The molecule has 0 aliphatic carbocycles. The van der Waals surface area contributed by atoms with E-state index in [2.05, 4.69) is 24.7 Å². The quantitative estimate of drug-likeness (QED) is 0.124. The van der Waals surface area contributed by atoms with Crippen molar-refractivity contribution in [2.45, 2.75) is 44.2 Å². The Morgan fingerprint density at radius 1 is 0.690 bits per heavy atom. The molecule has 0 unspecified atom stereocenters. The summed E-state index contributed by atoms with van der Waals surface area (Å²) in [6.45, 7) is -0.189. The average Bonchev–Trinajstić information content (AvgIpc) is 3.97. The van der Waals surface area contributed by atoms with Gasteiger partial charge in [-0.15, -0.1) is 0 Å². The van der Waals surface area contributed by atoms with Crippen LogP contribution in [0.3, 0.4) is 0 Å². The summed E-state index contributed by atoms with van der Waals surface area (Å²) in [5.74, 6) is -10.1. The van der Waals surface area contributed by atoms with E-state index < -0.39 is 72.3 Å². The van der Waals surface area contributed by atoms with Gasteiger partial charge < -0.3 is 28.9 Å². The van der Waals surface area contributed by atoms with Gasteiger partial charge in [0.1, 0.15) is 13.2 Å². The molecule has 4 heterocycles. The Morgan fingerprint density at radius 2 is 1.21 bits per heavy atom. The van der Waals surface area contributed by atoms with E-state index in [1.165, 1.54) is 28.3 Å². The molecule has 12 nitrogen and oxygen atoms in total. The summed E-state index contributed by atoms with van der Waals surface area (Å²) < 4.78 is 115. The molecule has 2 aliphatic rings. The lowest BCUT2D eigenvalue weighted by molar-refractivity contribution is -0.0249. The number of nitrogens with one attached hydrogen (secondary N) is 2. The Hall–Kier alpha value is -6.53. The first kappa shape index (κ1) is 39.7. The molecule has 19 heteroatoms. The summed E-state index contributed by atoms with van der Waals surface area (Å²) in [5.41, 5.74) is 4.50. The van der Waals surface area contributed by atoms with Gasteiger partial charge in [0.25, 0.3) is 5.92 Å². The monoisotopic (exact) mass is 814 g/mol. The van der Waals surface area contributed by atoms with Crippen molar-refractivity contribution in [1.82, 2.24) is 19.9 Å². The average molecular weight is 815 g/mol. The lowest BCUT2D eigenvalue weighted by Crippen LogP contribution is -2.27. The van der Waals surface area contributed by atoms with E-state index >= 15 is 0 Å². The number of alkyl halides is 4. The van der Waals surface area contributed by atoms with Crippen LogP contribution in [-0.4, -0.2) is 70.4 Å². The highest BCUT2D eigenvalue weighted by Crippen LogP contribution is 2.38. The molecule has 58 heavy (non-hydrogen) atoms. The van der Waals surface area contributed by atoms with E-state index in [-0.39, 0.29) is 31.1 Å². The number of imidazole rings is 2. The zero-order chi connectivity index (χ0) is 41.4. The lowest BCUT2D eigenvalue weighted by Gasteiger charge is -2.22. The van der Waals surface area contributed by atoms with E-state index in [4.69, 9.17) is 14.2 Å². The Bertz CT molecular complexity index is 2440. The third-order valence-electron chi connectivity index (χ3n) is 9.12. The van der Waals surface area contributed by atoms with Crippen LogP contribution in [0.5, 0.6) is 11.5 Å². The first-order valence-electron chi connectivity index (χ1n) is 17.6.